The van der Waals surface area contributed by atoms with Gasteiger partial charge in [-0.3, -0.25) is 4.79 Å². The van der Waals surface area contributed by atoms with Crippen molar-refractivity contribution >= 4 is 5.97 Å². The molecule has 0 spiro atoms. The van der Waals surface area contributed by atoms with Gasteiger partial charge in [-0.05, 0) is 31.0 Å². The van der Waals surface area contributed by atoms with Crippen LogP contribution in [0.25, 0.3) is 0 Å². The first kappa shape index (κ1) is 14.6. The number of carbonyl (C=O) groups is 1. The fourth-order valence-electron chi connectivity index (χ4n) is 1.68. The molecule has 0 saturated carbocycles. The SMILES string of the molecule is CCCC(NCc1ccc(F)cc1)C(=O)OCC. The highest BCUT2D eigenvalue weighted by molar-refractivity contribution is 5.75. The molecule has 0 bridgehead atoms. The van der Waals surface area contributed by atoms with Gasteiger partial charge in [-0.15, -0.1) is 0 Å². The Bertz CT molecular complexity index is 365. The average Bonchev–Trinajstić information content (AvgIpc) is 2.36. The third kappa shape index (κ3) is 4.84. The van der Waals surface area contributed by atoms with E-state index in [-0.39, 0.29) is 17.8 Å². The number of esters is 1. The first-order chi connectivity index (χ1) is 8.67. The van der Waals surface area contributed by atoms with Crippen molar-refractivity contribution in [3.05, 3.63) is 35.6 Å². The molecule has 1 aromatic carbocycles. The molecule has 0 heterocycles. The first-order valence-electron chi connectivity index (χ1n) is 6.31. The van der Waals surface area contributed by atoms with Gasteiger partial charge in [0.25, 0.3) is 0 Å². The zero-order valence-electron chi connectivity index (χ0n) is 10.9. The maximum Gasteiger partial charge on any atom is 0.323 e. The zero-order valence-corrected chi connectivity index (χ0v) is 10.9. The Morgan fingerprint density at radius 2 is 2.00 bits per heavy atom. The van der Waals surface area contributed by atoms with Crippen molar-refractivity contribution in [1.29, 1.82) is 0 Å². The third-order valence-electron chi connectivity index (χ3n) is 2.61. The number of carbonyl (C=O) groups excluding carboxylic acids is 1. The normalized spacial score (nSPS) is 12.2. The van der Waals surface area contributed by atoms with E-state index in [4.69, 9.17) is 4.74 Å². The van der Waals surface area contributed by atoms with Gasteiger partial charge < -0.3 is 10.1 Å². The van der Waals surface area contributed by atoms with Crippen molar-refractivity contribution in [2.75, 3.05) is 6.61 Å². The summed E-state index contributed by atoms with van der Waals surface area (Å²) in [5.41, 5.74) is 0.946. The molecule has 1 atom stereocenters. The molecule has 0 aliphatic rings. The molecule has 4 heteroatoms. The summed E-state index contributed by atoms with van der Waals surface area (Å²) in [6.45, 7) is 4.73. The lowest BCUT2D eigenvalue weighted by molar-refractivity contribution is -0.145. The third-order valence-corrected chi connectivity index (χ3v) is 2.61. The van der Waals surface area contributed by atoms with Gasteiger partial charge in [0.2, 0.25) is 0 Å². The van der Waals surface area contributed by atoms with E-state index < -0.39 is 0 Å². The van der Waals surface area contributed by atoms with Crippen LogP contribution in [0.5, 0.6) is 0 Å². The van der Waals surface area contributed by atoms with E-state index in [1.54, 1.807) is 19.1 Å². The number of nitrogens with one attached hydrogen (secondary N) is 1. The van der Waals surface area contributed by atoms with E-state index in [0.29, 0.717) is 13.2 Å². The van der Waals surface area contributed by atoms with Crippen molar-refractivity contribution in [2.24, 2.45) is 0 Å². The Kier molecular flexibility index (Phi) is 6.36. The summed E-state index contributed by atoms with van der Waals surface area (Å²) in [4.78, 5) is 11.7. The minimum Gasteiger partial charge on any atom is -0.465 e. The number of halogens is 1. The van der Waals surface area contributed by atoms with E-state index >= 15 is 0 Å². The van der Waals surface area contributed by atoms with E-state index in [2.05, 4.69) is 5.32 Å². The fraction of sp³-hybridized carbons (Fsp3) is 0.500. The lowest BCUT2D eigenvalue weighted by atomic mass is 10.1. The summed E-state index contributed by atoms with van der Waals surface area (Å²) >= 11 is 0. The summed E-state index contributed by atoms with van der Waals surface area (Å²) in [6, 6.07) is 5.94. The van der Waals surface area contributed by atoms with E-state index in [9.17, 15) is 9.18 Å². The Morgan fingerprint density at radius 1 is 1.33 bits per heavy atom. The standard InChI is InChI=1S/C14H20FNO2/c1-3-5-13(14(17)18-4-2)16-10-11-6-8-12(15)9-7-11/h6-9,13,16H,3-5,10H2,1-2H3. The van der Waals surface area contributed by atoms with E-state index in [0.717, 1.165) is 18.4 Å². The van der Waals surface area contributed by atoms with Crippen LogP contribution >= 0.6 is 0 Å². The van der Waals surface area contributed by atoms with Gasteiger partial charge in [-0.1, -0.05) is 25.5 Å². The molecular formula is C14H20FNO2. The summed E-state index contributed by atoms with van der Waals surface area (Å²) in [7, 11) is 0. The highest BCUT2D eigenvalue weighted by Gasteiger charge is 2.17. The lowest BCUT2D eigenvalue weighted by Gasteiger charge is -2.16. The van der Waals surface area contributed by atoms with Crippen LogP contribution in [0.4, 0.5) is 4.39 Å². The molecule has 0 aromatic heterocycles. The smallest absolute Gasteiger partial charge is 0.323 e. The first-order valence-corrected chi connectivity index (χ1v) is 6.31. The summed E-state index contributed by atoms with van der Waals surface area (Å²) in [5.74, 6) is -0.476. The highest BCUT2D eigenvalue weighted by Crippen LogP contribution is 2.05. The molecular weight excluding hydrogens is 233 g/mol. The second-order valence-electron chi connectivity index (χ2n) is 4.10. The number of hydrogen-bond acceptors (Lipinski definition) is 3. The second-order valence-corrected chi connectivity index (χ2v) is 4.10. The molecule has 0 radical (unpaired) electrons. The maximum absolute atomic E-state index is 12.7. The van der Waals surface area contributed by atoms with Crippen LogP contribution in [0, 0.1) is 5.82 Å². The molecule has 1 N–H and O–H groups in total. The second kappa shape index (κ2) is 7.82. The molecule has 0 fully saturated rings. The maximum atomic E-state index is 12.7. The van der Waals surface area contributed by atoms with Gasteiger partial charge in [-0.25, -0.2) is 4.39 Å². The van der Waals surface area contributed by atoms with Gasteiger partial charge in [0.15, 0.2) is 0 Å². The minimum atomic E-state index is -0.292. The van der Waals surface area contributed by atoms with Crippen LogP contribution in [0.15, 0.2) is 24.3 Å². The van der Waals surface area contributed by atoms with E-state index in [1.807, 2.05) is 6.92 Å². The van der Waals surface area contributed by atoms with Crippen LogP contribution in [0.1, 0.15) is 32.3 Å². The van der Waals surface area contributed by atoms with E-state index in [1.165, 1.54) is 12.1 Å². The molecule has 18 heavy (non-hydrogen) atoms. The average molecular weight is 253 g/mol. The monoisotopic (exact) mass is 253 g/mol. The molecule has 3 nitrogen and oxygen atoms in total. The molecule has 0 aliphatic heterocycles. The molecule has 0 aliphatic carbocycles. The Balaban J connectivity index is 2.51. The number of hydrogen-bond donors (Lipinski definition) is 1. The zero-order chi connectivity index (χ0) is 13.4. The fourth-order valence-corrected chi connectivity index (χ4v) is 1.68. The van der Waals surface area contributed by atoms with Crippen LogP contribution < -0.4 is 5.32 Å². The number of ether oxygens (including phenoxy) is 1. The predicted octanol–water partition coefficient (Wildman–Crippen LogP) is 2.65. The molecule has 100 valence electrons. The number of benzene rings is 1. The van der Waals surface area contributed by atoms with Crippen molar-refractivity contribution in [3.63, 3.8) is 0 Å². The van der Waals surface area contributed by atoms with Crippen molar-refractivity contribution < 1.29 is 13.9 Å². The Hall–Kier alpha value is -1.42. The molecule has 0 saturated heterocycles. The van der Waals surface area contributed by atoms with Crippen molar-refractivity contribution in [1.82, 2.24) is 5.32 Å². The molecule has 0 amide bonds. The van der Waals surface area contributed by atoms with Crippen LogP contribution in [0.2, 0.25) is 0 Å². The van der Waals surface area contributed by atoms with Crippen LogP contribution in [0.3, 0.4) is 0 Å². The van der Waals surface area contributed by atoms with Gasteiger partial charge in [-0.2, -0.15) is 0 Å². The highest BCUT2D eigenvalue weighted by atomic mass is 19.1. The summed E-state index contributed by atoms with van der Waals surface area (Å²) in [6.07, 6.45) is 1.64. The molecule has 1 rings (SSSR count). The Morgan fingerprint density at radius 3 is 2.56 bits per heavy atom. The molecule has 1 aromatic rings. The van der Waals surface area contributed by atoms with Crippen molar-refractivity contribution in [3.8, 4) is 0 Å². The minimum absolute atomic E-state index is 0.221. The topological polar surface area (TPSA) is 38.3 Å². The van der Waals surface area contributed by atoms with Crippen LogP contribution in [-0.2, 0) is 16.1 Å². The largest absolute Gasteiger partial charge is 0.465 e. The van der Waals surface area contributed by atoms with Gasteiger partial charge in [0.1, 0.15) is 11.9 Å². The Labute approximate surface area is 107 Å². The quantitative estimate of drug-likeness (QED) is 0.759. The lowest BCUT2D eigenvalue weighted by Crippen LogP contribution is -2.37. The van der Waals surface area contributed by atoms with Crippen molar-refractivity contribution in [2.45, 2.75) is 39.3 Å². The summed E-state index contributed by atoms with van der Waals surface area (Å²) in [5, 5.41) is 3.14. The van der Waals surface area contributed by atoms with Gasteiger partial charge >= 0.3 is 5.97 Å². The number of rotatable bonds is 7. The van der Waals surface area contributed by atoms with Gasteiger partial charge in [0.05, 0.1) is 6.61 Å². The van der Waals surface area contributed by atoms with Gasteiger partial charge in [0, 0.05) is 6.54 Å². The predicted molar refractivity (Wildman–Crippen MR) is 68.6 cm³/mol. The van der Waals surface area contributed by atoms with Crippen LogP contribution in [-0.4, -0.2) is 18.6 Å². The summed E-state index contributed by atoms with van der Waals surface area (Å²) < 4.78 is 17.7. The molecule has 1 unspecified atom stereocenters.